The molecule has 0 aliphatic rings. The molecule has 0 aliphatic carbocycles. The first-order valence-corrected chi connectivity index (χ1v) is 20.6. The molecule has 6 heteroatoms. The van der Waals surface area contributed by atoms with Crippen LogP contribution in [0, 0.1) is 0 Å². The molecular formula is C53H30N4OS. The number of fused-ring (bicyclic) bond motifs is 11. The number of thiophene rings is 1. The lowest BCUT2D eigenvalue weighted by molar-refractivity contribution is 0.666. The Balaban J connectivity index is 1.11. The summed E-state index contributed by atoms with van der Waals surface area (Å²) in [5.41, 5.74) is 7.58. The van der Waals surface area contributed by atoms with Crippen molar-refractivity contribution in [1.82, 2.24) is 19.5 Å². The molecule has 9 aromatic carbocycles. The van der Waals surface area contributed by atoms with Crippen LogP contribution in [0.1, 0.15) is 0 Å². The summed E-state index contributed by atoms with van der Waals surface area (Å²) in [6.07, 6.45) is 0. The minimum absolute atomic E-state index is 0.590. The van der Waals surface area contributed by atoms with Crippen molar-refractivity contribution >= 4 is 96.8 Å². The van der Waals surface area contributed by atoms with E-state index in [2.05, 4.69) is 174 Å². The summed E-state index contributed by atoms with van der Waals surface area (Å²) in [5.74, 6) is 1.84. The van der Waals surface area contributed by atoms with Crippen LogP contribution in [0.5, 0.6) is 0 Å². The zero-order valence-corrected chi connectivity index (χ0v) is 32.2. The molecule has 0 atom stereocenters. The van der Waals surface area contributed by atoms with Gasteiger partial charge in [0.05, 0.1) is 16.7 Å². The predicted octanol–water partition coefficient (Wildman–Crippen LogP) is 14.5. The normalized spacial score (nSPS) is 12.1. The first-order valence-electron chi connectivity index (χ1n) is 19.8. The van der Waals surface area contributed by atoms with E-state index in [1.54, 1.807) is 11.3 Å². The summed E-state index contributed by atoms with van der Waals surface area (Å²) in [4.78, 5) is 16.0. The minimum Gasteiger partial charge on any atom is -0.454 e. The Kier molecular flexibility index (Phi) is 6.82. The third-order valence-electron chi connectivity index (χ3n) is 11.8. The zero-order chi connectivity index (χ0) is 38.6. The van der Waals surface area contributed by atoms with Crippen LogP contribution in [0.4, 0.5) is 0 Å². The second-order valence-electron chi connectivity index (χ2n) is 15.2. The van der Waals surface area contributed by atoms with Crippen LogP contribution in [-0.2, 0) is 0 Å². The third kappa shape index (κ3) is 4.87. The number of benzene rings is 9. The lowest BCUT2D eigenvalue weighted by Crippen LogP contribution is -2.01. The molecule has 13 aromatic rings. The number of hydrogen-bond donors (Lipinski definition) is 0. The molecule has 0 bridgehead atoms. The fourth-order valence-corrected chi connectivity index (χ4v) is 10.3. The SMILES string of the molecule is c1ccc2cc(-c3nc(-c4cccc5c4sc4ccccc45)nc(-c4ccc(-n5c6ccccc6c6cc7ccccc7cc65)c5oc6ccccc6c45)n3)ccc2c1. The molecule has 0 unspecified atom stereocenters. The average molecular weight is 771 g/mol. The number of para-hydroxylation sites is 2. The molecule has 13 rings (SSSR count). The van der Waals surface area contributed by atoms with Gasteiger partial charge in [-0.25, -0.2) is 15.0 Å². The molecule has 0 amide bonds. The lowest BCUT2D eigenvalue weighted by atomic mass is 10.0. The zero-order valence-electron chi connectivity index (χ0n) is 31.4. The van der Waals surface area contributed by atoms with Crippen molar-refractivity contribution in [3.8, 4) is 39.9 Å². The molecule has 0 saturated carbocycles. The van der Waals surface area contributed by atoms with Gasteiger partial charge in [0, 0.05) is 58.4 Å². The summed E-state index contributed by atoms with van der Waals surface area (Å²) < 4.78 is 11.7. The number of furan rings is 1. The Morgan fingerprint density at radius 3 is 1.95 bits per heavy atom. The van der Waals surface area contributed by atoms with Crippen LogP contribution in [0.25, 0.3) is 125 Å². The van der Waals surface area contributed by atoms with Crippen LogP contribution in [0.2, 0.25) is 0 Å². The van der Waals surface area contributed by atoms with Crippen molar-refractivity contribution in [2.24, 2.45) is 0 Å². The van der Waals surface area contributed by atoms with E-state index in [-0.39, 0.29) is 0 Å². The molecule has 0 radical (unpaired) electrons. The van der Waals surface area contributed by atoms with Crippen LogP contribution >= 0.6 is 11.3 Å². The molecule has 0 fully saturated rings. The maximum atomic E-state index is 6.93. The number of hydrogen-bond acceptors (Lipinski definition) is 5. The third-order valence-corrected chi connectivity index (χ3v) is 13.0. The summed E-state index contributed by atoms with van der Waals surface area (Å²) in [6.45, 7) is 0. The standard InChI is InChI=1S/C53H30N4OS/c1-2-13-32-28-35(25-24-31(32)12-1)51-54-52(56-53(55-51)41-20-11-19-38-37-17-7-10-23-47(37)59-50(38)41)40-26-27-44(49-48(40)39-18-6-9-22-46(39)58-49)57-43-21-8-5-16-36(43)42-29-33-14-3-4-15-34(33)30-45(42)57/h1-30H. The fraction of sp³-hybridized carbons (Fsp3) is 0. The van der Waals surface area contributed by atoms with E-state index in [1.165, 1.54) is 42.4 Å². The number of nitrogens with zero attached hydrogens (tertiary/aromatic N) is 4. The van der Waals surface area contributed by atoms with Crippen molar-refractivity contribution in [1.29, 1.82) is 0 Å². The topological polar surface area (TPSA) is 56.7 Å². The smallest absolute Gasteiger partial charge is 0.165 e. The molecule has 0 spiro atoms. The van der Waals surface area contributed by atoms with Gasteiger partial charge in [-0.15, -0.1) is 11.3 Å². The van der Waals surface area contributed by atoms with E-state index in [9.17, 15) is 0 Å². The summed E-state index contributed by atoms with van der Waals surface area (Å²) in [7, 11) is 0. The molecule has 0 N–H and O–H groups in total. The Hall–Kier alpha value is -7.67. The van der Waals surface area contributed by atoms with Crippen molar-refractivity contribution in [3.05, 3.63) is 182 Å². The molecule has 5 nitrogen and oxygen atoms in total. The van der Waals surface area contributed by atoms with Gasteiger partial charge in [0.2, 0.25) is 0 Å². The second-order valence-corrected chi connectivity index (χ2v) is 16.2. The van der Waals surface area contributed by atoms with Crippen molar-refractivity contribution in [2.45, 2.75) is 0 Å². The van der Waals surface area contributed by atoms with Gasteiger partial charge >= 0.3 is 0 Å². The van der Waals surface area contributed by atoms with Gasteiger partial charge in [-0.1, -0.05) is 127 Å². The molecule has 0 saturated heterocycles. The van der Waals surface area contributed by atoms with E-state index in [0.717, 1.165) is 65.4 Å². The molecule has 0 aliphatic heterocycles. The van der Waals surface area contributed by atoms with Gasteiger partial charge in [0.25, 0.3) is 0 Å². The fourth-order valence-electron chi connectivity index (χ4n) is 9.09. The van der Waals surface area contributed by atoms with Gasteiger partial charge in [-0.3, -0.25) is 0 Å². The summed E-state index contributed by atoms with van der Waals surface area (Å²) in [5, 5.41) is 11.5. The second kappa shape index (κ2) is 12.4. The maximum Gasteiger partial charge on any atom is 0.165 e. The highest BCUT2D eigenvalue weighted by Gasteiger charge is 2.24. The Morgan fingerprint density at radius 1 is 0.424 bits per heavy atom. The predicted molar refractivity (Wildman–Crippen MR) is 246 cm³/mol. The number of aromatic nitrogens is 4. The lowest BCUT2D eigenvalue weighted by Gasteiger charge is -2.13. The number of rotatable bonds is 4. The van der Waals surface area contributed by atoms with Gasteiger partial charge < -0.3 is 8.98 Å². The summed E-state index contributed by atoms with van der Waals surface area (Å²) >= 11 is 1.78. The molecule has 59 heavy (non-hydrogen) atoms. The first kappa shape index (κ1) is 32.4. The van der Waals surface area contributed by atoms with Crippen LogP contribution in [-0.4, -0.2) is 19.5 Å². The molecule has 274 valence electrons. The van der Waals surface area contributed by atoms with Gasteiger partial charge in [0.1, 0.15) is 5.58 Å². The largest absolute Gasteiger partial charge is 0.454 e. The highest BCUT2D eigenvalue weighted by molar-refractivity contribution is 7.26. The summed E-state index contributed by atoms with van der Waals surface area (Å²) in [6, 6.07) is 64.3. The first-order chi connectivity index (χ1) is 29.2. The van der Waals surface area contributed by atoms with E-state index >= 15 is 0 Å². The quantitative estimate of drug-likeness (QED) is 0.179. The molecule has 4 aromatic heterocycles. The van der Waals surface area contributed by atoms with E-state index in [4.69, 9.17) is 19.4 Å². The Bertz CT molecular complexity index is 3870. The Morgan fingerprint density at radius 2 is 1.08 bits per heavy atom. The van der Waals surface area contributed by atoms with Crippen molar-refractivity contribution in [3.63, 3.8) is 0 Å². The van der Waals surface area contributed by atoms with Gasteiger partial charge in [0.15, 0.2) is 23.1 Å². The minimum atomic E-state index is 0.590. The molecular weight excluding hydrogens is 741 g/mol. The van der Waals surface area contributed by atoms with E-state index in [0.29, 0.717) is 17.5 Å². The van der Waals surface area contributed by atoms with Crippen molar-refractivity contribution < 1.29 is 4.42 Å². The van der Waals surface area contributed by atoms with E-state index in [1.807, 2.05) is 12.1 Å². The monoisotopic (exact) mass is 770 g/mol. The average Bonchev–Trinajstić information content (AvgIpc) is 3.98. The van der Waals surface area contributed by atoms with Crippen LogP contribution in [0.3, 0.4) is 0 Å². The van der Waals surface area contributed by atoms with Gasteiger partial charge in [-0.05, 0) is 76.1 Å². The highest BCUT2D eigenvalue weighted by Crippen LogP contribution is 2.44. The van der Waals surface area contributed by atoms with Gasteiger partial charge in [-0.2, -0.15) is 0 Å². The van der Waals surface area contributed by atoms with Crippen molar-refractivity contribution in [2.75, 3.05) is 0 Å². The maximum absolute atomic E-state index is 6.93. The molecule has 4 heterocycles. The highest BCUT2D eigenvalue weighted by atomic mass is 32.1. The van der Waals surface area contributed by atoms with Crippen LogP contribution in [0.15, 0.2) is 186 Å². The Labute approximate surface area is 341 Å². The van der Waals surface area contributed by atoms with E-state index < -0.39 is 0 Å². The van der Waals surface area contributed by atoms with Crippen LogP contribution < -0.4 is 0 Å².